The summed E-state index contributed by atoms with van der Waals surface area (Å²) in [7, 11) is 0. The zero-order valence-electron chi connectivity index (χ0n) is 22.9. The highest BCUT2D eigenvalue weighted by Gasteiger charge is 2.72. The molecule has 3 heterocycles. The highest BCUT2D eigenvalue weighted by atomic mass is 16.5. The van der Waals surface area contributed by atoms with Gasteiger partial charge in [-0.25, -0.2) is 0 Å². The highest BCUT2D eigenvalue weighted by molar-refractivity contribution is 6.02. The maximum atomic E-state index is 14.1. The predicted octanol–water partition coefficient (Wildman–Crippen LogP) is 3.87. The van der Waals surface area contributed by atoms with E-state index in [1.807, 2.05) is 49.4 Å². The molecule has 0 radical (unpaired) electrons. The van der Waals surface area contributed by atoms with Crippen LogP contribution in [0.5, 0.6) is 5.75 Å². The number of carbonyl (C=O) groups is 3. The summed E-state index contributed by atoms with van der Waals surface area (Å²) in [6.07, 6.45) is 9.03. The van der Waals surface area contributed by atoms with Gasteiger partial charge in [0.25, 0.3) is 0 Å². The molecular weight excluding hydrogens is 506 g/mol. The van der Waals surface area contributed by atoms with Crippen LogP contribution in [0.1, 0.15) is 44.6 Å². The van der Waals surface area contributed by atoms with Gasteiger partial charge in [0.15, 0.2) is 0 Å². The molecule has 0 unspecified atom stereocenters. The normalized spacial score (nSPS) is 28.9. The van der Waals surface area contributed by atoms with Gasteiger partial charge in [-0.05, 0) is 56.0 Å². The van der Waals surface area contributed by atoms with Gasteiger partial charge < -0.3 is 25.0 Å². The van der Waals surface area contributed by atoms with E-state index in [2.05, 4.69) is 10.6 Å². The van der Waals surface area contributed by atoms with E-state index in [0.717, 1.165) is 37.0 Å². The average Bonchev–Trinajstić information content (AvgIpc) is 3.61. The zero-order chi connectivity index (χ0) is 27.7. The lowest BCUT2D eigenvalue weighted by Crippen LogP contribution is -2.56. The van der Waals surface area contributed by atoms with Gasteiger partial charge in [-0.15, -0.1) is 0 Å². The van der Waals surface area contributed by atoms with E-state index in [0.29, 0.717) is 25.3 Å². The van der Waals surface area contributed by atoms with Crippen LogP contribution in [0.3, 0.4) is 0 Å². The van der Waals surface area contributed by atoms with Gasteiger partial charge in [0.05, 0.1) is 24.5 Å². The van der Waals surface area contributed by atoms with Crippen LogP contribution in [0.15, 0.2) is 66.7 Å². The van der Waals surface area contributed by atoms with E-state index in [9.17, 15) is 14.4 Å². The first-order chi connectivity index (χ1) is 19.5. The number of hydrogen-bond donors (Lipinski definition) is 2. The third-order valence-electron chi connectivity index (χ3n) is 8.79. The number of ether oxygens (including phenoxy) is 2. The fourth-order valence-corrected chi connectivity index (χ4v) is 6.96. The summed E-state index contributed by atoms with van der Waals surface area (Å²) < 4.78 is 12.0. The van der Waals surface area contributed by atoms with E-state index < -0.39 is 29.6 Å². The Morgan fingerprint density at radius 3 is 2.50 bits per heavy atom. The number of hydrogen-bond acceptors (Lipinski definition) is 5. The first-order valence-corrected chi connectivity index (χ1v) is 14.6. The molecule has 3 fully saturated rings. The fourth-order valence-electron chi connectivity index (χ4n) is 6.96. The van der Waals surface area contributed by atoms with E-state index in [-0.39, 0.29) is 23.8 Å². The number of amides is 3. The summed E-state index contributed by atoms with van der Waals surface area (Å²) in [6, 6.07) is 16.4. The number of likely N-dealkylation sites (tertiary alicyclic amines) is 1. The Balaban J connectivity index is 1.26. The quantitative estimate of drug-likeness (QED) is 0.468. The van der Waals surface area contributed by atoms with Crippen molar-refractivity contribution < 1.29 is 23.9 Å². The van der Waals surface area contributed by atoms with Gasteiger partial charge in [0.1, 0.15) is 17.4 Å². The SMILES string of the molecule is CCOc1ccc(NC(=O)[C@H]2[C@H]3C=C[C@]4(O3)[C@H](C(=O)NC3CCCCC3)N(CCc3ccccc3)C(=O)[C@@H]24)cc1. The van der Waals surface area contributed by atoms with Crippen LogP contribution in [-0.2, 0) is 25.5 Å². The molecule has 3 amide bonds. The third kappa shape index (κ3) is 4.79. The van der Waals surface area contributed by atoms with Crippen molar-refractivity contribution in [2.45, 2.75) is 69.2 Å². The van der Waals surface area contributed by atoms with Crippen molar-refractivity contribution in [2.24, 2.45) is 11.8 Å². The first-order valence-electron chi connectivity index (χ1n) is 14.6. The van der Waals surface area contributed by atoms with Gasteiger partial charge in [-0.2, -0.15) is 0 Å². The average molecular weight is 544 g/mol. The minimum Gasteiger partial charge on any atom is -0.494 e. The second-order valence-electron chi connectivity index (χ2n) is 11.3. The molecule has 8 heteroatoms. The molecule has 6 rings (SSSR count). The summed E-state index contributed by atoms with van der Waals surface area (Å²) >= 11 is 0. The van der Waals surface area contributed by atoms with E-state index in [1.165, 1.54) is 6.42 Å². The van der Waals surface area contributed by atoms with Crippen molar-refractivity contribution in [3.05, 3.63) is 72.3 Å². The van der Waals surface area contributed by atoms with Crippen molar-refractivity contribution >= 4 is 23.4 Å². The molecule has 40 heavy (non-hydrogen) atoms. The molecule has 4 aliphatic rings. The topological polar surface area (TPSA) is 97.0 Å². The highest BCUT2D eigenvalue weighted by Crippen LogP contribution is 2.55. The number of rotatable bonds is 9. The monoisotopic (exact) mass is 543 g/mol. The number of fused-ring (bicyclic) bond motifs is 1. The minimum absolute atomic E-state index is 0.101. The second-order valence-corrected chi connectivity index (χ2v) is 11.3. The predicted molar refractivity (Wildman–Crippen MR) is 151 cm³/mol. The van der Waals surface area contributed by atoms with Crippen LogP contribution >= 0.6 is 0 Å². The first kappa shape index (κ1) is 26.6. The van der Waals surface area contributed by atoms with E-state index >= 15 is 0 Å². The van der Waals surface area contributed by atoms with Gasteiger partial charge in [0, 0.05) is 18.3 Å². The lowest BCUT2D eigenvalue weighted by Gasteiger charge is -2.34. The summed E-state index contributed by atoms with van der Waals surface area (Å²) in [6.45, 7) is 2.85. The molecule has 2 aromatic carbocycles. The molecule has 0 aromatic heterocycles. The van der Waals surface area contributed by atoms with Crippen molar-refractivity contribution in [3.8, 4) is 5.75 Å². The van der Waals surface area contributed by atoms with Gasteiger partial charge >= 0.3 is 0 Å². The molecule has 2 bridgehead atoms. The van der Waals surface area contributed by atoms with Gasteiger partial charge in [-0.1, -0.05) is 61.7 Å². The van der Waals surface area contributed by atoms with Gasteiger partial charge in [0.2, 0.25) is 17.7 Å². The molecule has 3 aliphatic heterocycles. The smallest absolute Gasteiger partial charge is 0.246 e. The molecule has 2 aromatic rings. The largest absolute Gasteiger partial charge is 0.494 e. The van der Waals surface area contributed by atoms with Crippen LogP contribution in [0.2, 0.25) is 0 Å². The Labute approximate surface area is 235 Å². The molecule has 1 aliphatic carbocycles. The van der Waals surface area contributed by atoms with Crippen LogP contribution in [-0.4, -0.2) is 59.6 Å². The molecule has 210 valence electrons. The standard InChI is InChI=1S/C32H37N3O5/c1-2-39-24-15-13-23(14-16-24)33-29(36)26-25-17-19-32(40-25)27(26)31(38)35(20-18-21-9-5-3-6-10-21)28(32)30(37)34-22-11-7-4-8-12-22/h3,5-6,9-10,13-17,19,22,25-28H,2,4,7-8,11-12,18,20H2,1H3,(H,33,36)(H,34,37)/t25-,26+,27-,28+,32-/m1/s1. The Bertz CT molecular complexity index is 1270. The van der Waals surface area contributed by atoms with Crippen molar-refractivity contribution in [2.75, 3.05) is 18.5 Å². The summed E-state index contributed by atoms with van der Waals surface area (Å²) in [4.78, 5) is 43.4. The molecule has 5 atom stereocenters. The van der Waals surface area contributed by atoms with Crippen molar-refractivity contribution in [1.82, 2.24) is 10.2 Å². The maximum absolute atomic E-state index is 14.1. The van der Waals surface area contributed by atoms with Crippen LogP contribution in [0, 0.1) is 11.8 Å². The summed E-state index contributed by atoms with van der Waals surface area (Å²) in [5.74, 6) is -1.43. The molecule has 2 saturated heterocycles. The lowest BCUT2D eigenvalue weighted by atomic mass is 9.74. The minimum atomic E-state index is -1.15. The second kappa shape index (κ2) is 11.1. The molecule has 8 nitrogen and oxygen atoms in total. The fraction of sp³-hybridized carbons (Fsp3) is 0.469. The number of carbonyl (C=O) groups excluding carboxylic acids is 3. The summed E-state index contributed by atoms with van der Waals surface area (Å²) in [5, 5.41) is 6.21. The molecule has 2 N–H and O–H groups in total. The molecule has 1 spiro atoms. The Hall–Kier alpha value is -3.65. The van der Waals surface area contributed by atoms with Crippen LogP contribution in [0.4, 0.5) is 5.69 Å². The van der Waals surface area contributed by atoms with E-state index in [1.54, 1.807) is 29.2 Å². The Morgan fingerprint density at radius 2 is 1.77 bits per heavy atom. The third-order valence-corrected chi connectivity index (χ3v) is 8.79. The van der Waals surface area contributed by atoms with Crippen molar-refractivity contribution in [3.63, 3.8) is 0 Å². The number of benzene rings is 2. The zero-order valence-corrected chi connectivity index (χ0v) is 22.9. The van der Waals surface area contributed by atoms with Gasteiger partial charge in [-0.3, -0.25) is 14.4 Å². The Kier molecular flexibility index (Phi) is 7.36. The van der Waals surface area contributed by atoms with Crippen molar-refractivity contribution in [1.29, 1.82) is 0 Å². The molecular formula is C32H37N3O5. The Morgan fingerprint density at radius 1 is 1.02 bits per heavy atom. The number of nitrogens with zero attached hydrogens (tertiary/aromatic N) is 1. The summed E-state index contributed by atoms with van der Waals surface area (Å²) in [5.41, 5.74) is 0.548. The molecule has 1 saturated carbocycles. The number of nitrogens with one attached hydrogen (secondary N) is 2. The number of anilines is 1. The maximum Gasteiger partial charge on any atom is 0.246 e. The van der Waals surface area contributed by atoms with Crippen LogP contribution < -0.4 is 15.4 Å². The lowest BCUT2D eigenvalue weighted by molar-refractivity contribution is -0.141. The van der Waals surface area contributed by atoms with E-state index in [4.69, 9.17) is 9.47 Å². The van der Waals surface area contributed by atoms with Crippen LogP contribution in [0.25, 0.3) is 0 Å².